The van der Waals surface area contributed by atoms with Crippen LogP contribution in [0.5, 0.6) is 5.88 Å². The standard InChI is InChI=1S/C24H30N6O2/c1-18-5-4-6-20(13-18)16-26-28-23-14-22(30-8-11-31-12-9-30)15-24(27-23)32-10-7-21-17-25-19(2)29(21)3/h4-6,13-15,17H,7-12,16H2,1-3H3. The second-order valence-electron chi connectivity index (χ2n) is 7.96. The fourth-order valence-electron chi connectivity index (χ4n) is 3.65. The molecule has 4 rings (SSSR count). The number of pyridine rings is 1. The van der Waals surface area contributed by atoms with Gasteiger partial charge in [0.25, 0.3) is 0 Å². The van der Waals surface area contributed by atoms with Crippen LogP contribution in [0.2, 0.25) is 0 Å². The minimum absolute atomic E-state index is 0.512. The van der Waals surface area contributed by atoms with Crippen molar-refractivity contribution in [2.45, 2.75) is 26.8 Å². The van der Waals surface area contributed by atoms with E-state index in [4.69, 9.17) is 9.47 Å². The predicted molar refractivity (Wildman–Crippen MR) is 124 cm³/mol. The minimum atomic E-state index is 0.512. The number of anilines is 1. The molecule has 1 fully saturated rings. The van der Waals surface area contributed by atoms with Crippen molar-refractivity contribution in [2.24, 2.45) is 17.3 Å². The van der Waals surface area contributed by atoms with Gasteiger partial charge in [-0.25, -0.2) is 4.98 Å². The maximum Gasteiger partial charge on any atom is 0.217 e. The van der Waals surface area contributed by atoms with Gasteiger partial charge < -0.3 is 18.9 Å². The van der Waals surface area contributed by atoms with Crippen molar-refractivity contribution in [3.05, 3.63) is 65.2 Å². The van der Waals surface area contributed by atoms with Crippen molar-refractivity contribution >= 4 is 11.5 Å². The molecule has 3 aromatic rings. The van der Waals surface area contributed by atoms with Crippen LogP contribution in [-0.2, 0) is 24.8 Å². The largest absolute Gasteiger partial charge is 0.477 e. The van der Waals surface area contributed by atoms with Crippen molar-refractivity contribution in [1.29, 1.82) is 0 Å². The van der Waals surface area contributed by atoms with Crippen molar-refractivity contribution in [3.63, 3.8) is 0 Å². The second kappa shape index (κ2) is 10.4. The molecular formula is C24H30N6O2. The Balaban J connectivity index is 1.48. The molecule has 1 aliphatic rings. The van der Waals surface area contributed by atoms with Gasteiger partial charge in [0, 0.05) is 56.3 Å². The Bertz CT molecular complexity index is 1070. The van der Waals surface area contributed by atoms with Crippen LogP contribution in [-0.4, -0.2) is 47.4 Å². The molecule has 2 aromatic heterocycles. The molecule has 8 heteroatoms. The number of hydrogen-bond donors (Lipinski definition) is 0. The van der Waals surface area contributed by atoms with E-state index in [0.29, 0.717) is 38.1 Å². The lowest BCUT2D eigenvalue weighted by atomic mass is 10.1. The quantitative estimate of drug-likeness (QED) is 0.497. The normalized spacial score (nSPS) is 14.3. The van der Waals surface area contributed by atoms with Gasteiger partial charge >= 0.3 is 0 Å². The number of morpholine rings is 1. The number of azo groups is 1. The Morgan fingerprint density at radius 3 is 2.72 bits per heavy atom. The summed E-state index contributed by atoms with van der Waals surface area (Å²) in [6.07, 6.45) is 2.65. The van der Waals surface area contributed by atoms with Gasteiger partial charge in [0.15, 0.2) is 5.82 Å². The predicted octanol–water partition coefficient (Wildman–Crippen LogP) is 4.17. The second-order valence-corrected chi connectivity index (χ2v) is 7.96. The van der Waals surface area contributed by atoms with Crippen LogP contribution in [0, 0.1) is 13.8 Å². The van der Waals surface area contributed by atoms with E-state index in [2.05, 4.69) is 54.8 Å². The summed E-state index contributed by atoms with van der Waals surface area (Å²) in [5.41, 5.74) is 4.49. The molecule has 1 aliphatic heterocycles. The first kappa shape index (κ1) is 22.0. The molecule has 0 saturated carbocycles. The zero-order valence-electron chi connectivity index (χ0n) is 19.0. The lowest BCUT2D eigenvalue weighted by molar-refractivity contribution is 0.122. The summed E-state index contributed by atoms with van der Waals surface area (Å²) in [7, 11) is 2.02. The summed E-state index contributed by atoms with van der Waals surface area (Å²) < 4.78 is 13.6. The minimum Gasteiger partial charge on any atom is -0.477 e. The summed E-state index contributed by atoms with van der Waals surface area (Å²) >= 11 is 0. The third kappa shape index (κ3) is 5.70. The summed E-state index contributed by atoms with van der Waals surface area (Å²) in [6.45, 7) is 8.18. The first-order valence-corrected chi connectivity index (χ1v) is 11.0. The molecule has 0 amide bonds. The molecule has 8 nitrogen and oxygen atoms in total. The monoisotopic (exact) mass is 434 g/mol. The highest BCUT2D eigenvalue weighted by Crippen LogP contribution is 2.27. The zero-order chi connectivity index (χ0) is 22.3. The molecule has 3 heterocycles. The van der Waals surface area contributed by atoms with Gasteiger partial charge in [-0.05, 0) is 19.4 Å². The Morgan fingerprint density at radius 1 is 1.12 bits per heavy atom. The van der Waals surface area contributed by atoms with E-state index in [1.54, 1.807) is 0 Å². The number of nitrogens with zero attached hydrogens (tertiary/aromatic N) is 6. The molecule has 0 N–H and O–H groups in total. The van der Waals surface area contributed by atoms with Crippen LogP contribution in [0.25, 0.3) is 0 Å². The van der Waals surface area contributed by atoms with Gasteiger partial charge in [-0.1, -0.05) is 29.8 Å². The van der Waals surface area contributed by atoms with Gasteiger partial charge in [-0.2, -0.15) is 10.1 Å². The molecule has 1 saturated heterocycles. The van der Waals surface area contributed by atoms with Crippen LogP contribution >= 0.6 is 0 Å². The Morgan fingerprint density at radius 2 is 1.97 bits per heavy atom. The lowest BCUT2D eigenvalue weighted by Gasteiger charge is -2.29. The SMILES string of the molecule is Cc1cccc(CN=Nc2cc(N3CCOCC3)cc(OCCc3cnc(C)n3C)n2)c1. The highest BCUT2D eigenvalue weighted by atomic mass is 16.5. The fourth-order valence-corrected chi connectivity index (χ4v) is 3.65. The first-order valence-electron chi connectivity index (χ1n) is 11.0. The number of ether oxygens (including phenoxy) is 2. The van der Waals surface area contributed by atoms with E-state index in [1.165, 1.54) is 5.56 Å². The van der Waals surface area contributed by atoms with Crippen molar-refractivity contribution in [3.8, 4) is 5.88 Å². The summed E-state index contributed by atoms with van der Waals surface area (Å²) in [4.78, 5) is 11.2. The molecule has 0 unspecified atom stereocenters. The highest BCUT2D eigenvalue weighted by Gasteiger charge is 2.14. The van der Waals surface area contributed by atoms with Crippen molar-refractivity contribution in [1.82, 2.24) is 14.5 Å². The van der Waals surface area contributed by atoms with Crippen LogP contribution in [0.15, 0.2) is 52.8 Å². The zero-order valence-corrected chi connectivity index (χ0v) is 19.0. The lowest BCUT2D eigenvalue weighted by Crippen LogP contribution is -2.36. The molecule has 168 valence electrons. The number of imidazole rings is 1. The number of benzene rings is 1. The topological polar surface area (TPSA) is 77.1 Å². The average Bonchev–Trinajstić information content (AvgIpc) is 3.12. The molecule has 0 spiro atoms. The van der Waals surface area contributed by atoms with Crippen LogP contribution in [0.4, 0.5) is 11.5 Å². The summed E-state index contributed by atoms with van der Waals surface area (Å²) in [5.74, 6) is 2.09. The van der Waals surface area contributed by atoms with Crippen LogP contribution < -0.4 is 9.64 Å². The Hall–Kier alpha value is -3.26. The molecule has 1 aromatic carbocycles. The maximum atomic E-state index is 6.01. The van der Waals surface area contributed by atoms with Gasteiger partial charge in [-0.15, -0.1) is 5.11 Å². The first-order chi connectivity index (χ1) is 15.6. The number of rotatable bonds is 8. The third-order valence-corrected chi connectivity index (χ3v) is 5.58. The molecular weight excluding hydrogens is 404 g/mol. The fraction of sp³-hybridized carbons (Fsp3) is 0.417. The molecule has 0 bridgehead atoms. The number of hydrogen-bond acceptors (Lipinski definition) is 7. The van der Waals surface area contributed by atoms with E-state index >= 15 is 0 Å². The number of aryl methyl sites for hydroxylation is 2. The van der Waals surface area contributed by atoms with E-state index in [1.807, 2.05) is 38.4 Å². The summed E-state index contributed by atoms with van der Waals surface area (Å²) in [5, 5.41) is 8.77. The summed E-state index contributed by atoms with van der Waals surface area (Å²) in [6, 6.07) is 12.2. The maximum absolute atomic E-state index is 6.01. The van der Waals surface area contributed by atoms with Crippen LogP contribution in [0.1, 0.15) is 22.6 Å². The molecule has 0 atom stereocenters. The Kier molecular flexibility index (Phi) is 7.11. The van der Waals surface area contributed by atoms with E-state index in [9.17, 15) is 0 Å². The van der Waals surface area contributed by atoms with Crippen LogP contribution in [0.3, 0.4) is 0 Å². The van der Waals surface area contributed by atoms with E-state index in [-0.39, 0.29) is 0 Å². The smallest absolute Gasteiger partial charge is 0.217 e. The average molecular weight is 435 g/mol. The molecule has 32 heavy (non-hydrogen) atoms. The van der Waals surface area contributed by atoms with Gasteiger partial charge in [0.1, 0.15) is 5.82 Å². The molecule has 0 aliphatic carbocycles. The third-order valence-electron chi connectivity index (χ3n) is 5.58. The molecule has 0 radical (unpaired) electrons. The Labute approximate surface area is 188 Å². The van der Waals surface area contributed by atoms with Gasteiger partial charge in [-0.3, -0.25) is 0 Å². The van der Waals surface area contributed by atoms with E-state index < -0.39 is 0 Å². The van der Waals surface area contributed by atoms with E-state index in [0.717, 1.165) is 42.3 Å². The van der Waals surface area contributed by atoms with Crippen molar-refractivity contribution in [2.75, 3.05) is 37.8 Å². The van der Waals surface area contributed by atoms with Crippen molar-refractivity contribution < 1.29 is 9.47 Å². The number of aromatic nitrogens is 3. The van der Waals surface area contributed by atoms with Gasteiger partial charge in [0.05, 0.1) is 26.4 Å². The highest BCUT2D eigenvalue weighted by molar-refractivity contribution is 5.55. The van der Waals surface area contributed by atoms with Gasteiger partial charge in [0.2, 0.25) is 5.88 Å².